The van der Waals surface area contributed by atoms with Gasteiger partial charge >= 0.3 is 0 Å². The molecule has 3 aromatic heterocycles. The van der Waals surface area contributed by atoms with Gasteiger partial charge in [-0.25, -0.2) is 23.1 Å². The maximum Gasteiger partial charge on any atom is 0.265 e. The van der Waals surface area contributed by atoms with Crippen molar-refractivity contribution in [3.8, 4) is 5.82 Å². The van der Waals surface area contributed by atoms with Crippen LogP contribution in [0.25, 0.3) is 5.82 Å². The molecule has 3 N–H and O–H groups in total. The molecule has 0 atom stereocenters. The number of nitrogens with zero attached hydrogens (tertiary/aromatic N) is 5. The fourth-order valence-corrected chi connectivity index (χ4v) is 4.48. The molecule has 4 rings (SSSR count). The molecular weight excluding hydrogens is 404 g/mol. The Bertz CT molecular complexity index is 1260. The topological polar surface area (TPSA) is 130 Å². The first kappa shape index (κ1) is 19.6. The standard InChI is InChI=1S/C19H20N8O2S/c1-12-19(13(2)25-24-12)30(28,29)26-16-7-5-15(6-8-16)23-17-11-18(22-14(3)21-17)27-10-4-9-20-27/h4-11,26H,1-3H3,(H,24,25)(H,21,22,23). The number of nitrogens with one attached hydrogen (secondary N) is 3. The van der Waals surface area contributed by atoms with Gasteiger partial charge in [-0.1, -0.05) is 0 Å². The van der Waals surface area contributed by atoms with Crippen molar-refractivity contribution >= 4 is 27.2 Å². The zero-order valence-corrected chi connectivity index (χ0v) is 17.4. The molecule has 0 radical (unpaired) electrons. The highest BCUT2D eigenvalue weighted by Crippen LogP contribution is 2.23. The van der Waals surface area contributed by atoms with Crippen molar-refractivity contribution in [2.45, 2.75) is 25.7 Å². The number of anilines is 3. The van der Waals surface area contributed by atoms with Gasteiger partial charge in [0, 0.05) is 29.8 Å². The SMILES string of the molecule is Cc1nc(Nc2ccc(NS(=O)(=O)c3c(C)n[nH]c3C)cc2)cc(-n2cccn2)n1. The number of aromatic amines is 1. The van der Waals surface area contributed by atoms with E-state index in [1.807, 2.05) is 6.07 Å². The summed E-state index contributed by atoms with van der Waals surface area (Å²) in [5.41, 5.74) is 2.10. The Morgan fingerprint density at radius 3 is 2.40 bits per heavy atom. The first-order valence-corrected chi connectivity index (χ1v) is 10.6. The van der Waals surface area contributed by atoms with Gasteiger partial charge in [0.15, 0.2) is 5.82 Å². The van der Waals surface area contributed by atoms with Gasteiger partial charge in [0.05, 0.1) is 11.4 Å². The molecule has 0 aliphatic heterocycles. The van der Waals surface area contributed by atoms with E-state index in [9.17, 15) is 8.42 Å². The highest BCUT2D eigenvalue weighted by molar-refractivity contribution is 7.92. The maximum atomic E-state index is 12.7. The van der Waals surface area contributed by atoms with Gasteiger partial charge in [-0.05, 0) is 51.1 Å². The molecule has 0 amide bonds. The smallest absolute Gasteiger partial charge is 0.265 e. The Kier molecular flexibility index (Phi) is 4.96. The third kappa shape index (κ3) is 4.01. The lowest BCUT2D eigenvalue weighted by Crippen LogP contribution is -2.14. The van der Waals surface area contributed by atoms with Crippen LogP contribution in [0.15, 0.2) is 53.7 Å². The average molecular weight is 424 g/mol. The Morgan fingerprint density at radius 2 is 1.77 bits per heavy atom. The summed E-state index contributed by atoms with van der Waals surface area (Å²) in [6.07, 6.45) is 3.48. The highest BCUT2D eigenvalue weighted by Gasteiger charge is 2.22. The minimum Gasteiger partial charge on any atom is -0.340 e. The molecule has 0 saturated carbocycles. The van der Waals surface area contributed by atoms with Crippen molar-refractivity contribution in [1.29, 1.82) is 0 Å². The molecule has 154 valence electrons. The highest BCUT2D eigenvalue weighted by atomic mass is 32.2. The number of sulfonamides is 1. The van der Waals surface area contributed by atoms with Crippen LogP contribution in [0, 0.1) is 20.8 Å². The molecule has 4 aromatic rings. The largest absolute Gasteiger partial charge is 0.340 e. The molecule has 0 unspecified atom stereocenters. The summed E-state index contributed by atoms with van der Waals surface area (Å²) in [5.74, 6) is 1.84. The minimum absolute atomic E-state index is 0.160. The van der Waals surface area contributed by atoms with Crippen LogP contribution < -0.4 is 10.0 Å². The maximum absolute atomic E-state index is 12.7. The summed E-state index contributed by atoms with van der Waals surface area (Å²) in [4.78, 5) is 8.92. The number of rotatable bonds is 6. The van der Waals surface area contributed by atoms with Crippen LogP contribution in [0.4, 0.5) is 17.2 Å². The summed E-state index contributed by atoms with van der Waals surface area (Å²) in [6.45, 7) is 5.12. The number of aromatic nitrogens is 6. The van der Waals surface area contributed by atoms with E-state index >= 15 is 0 Å². The number of hydrogen-bond acceptors (Lipinski definition) is 7. The molecule has 0 fully saturated rings. The van der Waals surface area contributed by atoms with Crippen LogP contribution in [0.1, 0.15) is 17.2 Å². The van der Waals surface area contributed by atoms with E-state index < -0.39 is 10.0 Å². The van der Waals surface area contributed by atoms with Gasteiger partial charge in [-0.3, -0.25) is 9.82 Å². The number of H-pyrrole nitrogens is 1. The van der Waals surface area contributed by atoms with Gasteiger partial charge in [-0.15, -0.1) is 0 Å². The van der Waals surface area contributed by atoms with Gasteiger partial charge < -0.3 is 5.32 Å². The molecule has 1 aromatic carbocycles. The summed E-state index contributed by atoms with van der Waals surface area (Å²) in [6, 6.07) is 10.5. The van der Waals surface area contributed by atoms with E-state index in [0.717, 1.165) is 5.69 Å². The van der Waals surface area contributed by atoms with Crippen LogP contribution in [0.2, 0.25) is 0 Å². The molecule has 30 heavy (non-hydrogen) atoms. The van der Waals surface area contributed by atoms with E-state index in [-0.39, 0.29) is 4.90 Å². The molecule has 0 spiro atoms. The molecule has 11 heteroatoms. The van der Waals surface area contributed by atoms with E-state index in [1.54, 1.807) is 68.2 Å². The van der Waals surface area contributed by atoms with Crippen LogP contribution >= 0.6 is 0 Å². The number of hydrogen-bond donors (Lipinski definition) is 3. The van der Waals surface area contributed by atoms with Gasteiger partial charge in [-0.2, -0.15) is 10.2 Å². The van der Waals surface area contributed by atoms with Crippen LogP contribution in [-0.4, -0.2) is 38.4 Å². The van der Waals surface area contributed by atoms with Crippen molar-refractivity contribution < 1.29 is 8.42 Å². The van der Waals surface area contributed by atoms with E-state index in [1.165, 1.54) is 0 Å². The van der Waals surface area contributed by atoms with Crippen molar-refractivity contribution in [1.82, 2.24) is 29.9 Å². The fraction of sp³-hybridized carbons (Fsp3) is 0.158. The lowest BCUT2D eigenvalue weighted by atomic mass is 10.3. The van der Waals surface area contributed by atoms with Gasteiger partial charge in [0.25, 0.3) is 10.0 Å². The predicted octanol–water partition coefficient (Wildman–Crippen LogP) is 2.86. The molecule has 0 aliphatic rings. The summed E-state index contributed by atoms with van der Waals surface area (Å²) in [7, 11) is -3.73. The normalized spacial score (nSPS) is 11.4. The van der Waals surface area contributed by atoms with Crippen LogP contribution in [0.3, 0.4) is 0 Å². The van der Waals surface area contributed by atoms with E-state index in [4.69, 9.17) is 0 Å². The first-order chi connectivity index (χ1) is 14.3. The average Bonchev–Trinajstić information content (AvgIpc) is 3.33. The van der Waals surface area contributed by atoms with E-state index in [2.05, 4.69) is 35.3 Å². The van der Waals surface area contributed by atoms with Crippen molar-refractivity contribution in [3.05, 3.63) is 66.0 Å². The van der Waals surface area contributed by atoms with Crippen molar-refractivity contribution in [3.63, 3.8) is 0 Å². The predicted molar refractivity (Wildman–Crippen MR) is 112 cm³/mol. The molecule has 0 aliphatic carbocycles. The lowest BCUT2D eigenvalue weighted by Gasteiger charge is -2.11. The van der Waals surface area contributed by atoms with Gasteiger partial charge in [0.2, 0.25) is 0 Å². The third-order valence-corrected chi connectivity index (χ3v) is 5.95. The Morgan fingerprint density at radius 1 is 1.03 bits per heavy atom. The summed E-state index contributed by atoms with van der Waals surface area (Å²) < 4.78 is 29.5. The molecular formula is C19H20N8O2S. The molecule has 0 bridgehead atoms. The van der Waals surface area contributed by atoms with Gasteiger partial charge in [0.1, 0.15) is 16.5 Å². The Balaban J connectivity index is 1.52. The lowest BCUT2D eigenvalue weighted by molar-refractivity contribution is 0.600. The zero-order valence-electron chi connectivity index (χ0n) is 16.6. The summed E-state index contributed by atoms with van der Waals surface area (Å²) in [5, 5.41) is 14.0. The molecule has 0 saturated heterocycles. The second-order valence-electron chi connectivity index (χ2n) is 6.68. The minimum atomic E-state index is -3.73. The summed E-state index contributed by atoms with van der Waals surface area (Å²) >= 11 is 0. The second kappa shape index (κ2) is 7.59. The first-order valence-electron chi connectivity index (χ1n) is 9.09. The Labute approximate surface area is 173 Å². The van der Waals surface area contributed by atoms with Crippen molar-refractivity contribution in [2.24, 2.45) is 0 Å². The number of aryl methyl sites for hydroxylation is 3. The third-order valence-electron chi connectivity index (χ3n) is 4.30. The zero-order chi connectivity index (χ0) is 21.3. The number of benzene rings is 1. The van der Waals surface area contributed by atoms with Crippen LogP contribution in [0.5, 0.6) is 0 Å². The monoisotopic (exact) mass is 424 g/mol. The van der Waals surface area contributed by atoms with Crippen molar-refractivity contribution in [2.75, 3.05) is 10.0 Å². The quantitative estimate of drug-likeness (QED) is 0.434. The van der Waals surface area contributed by atoms with Crippen LogP contribution in [-0.2, 0) is 10.0 Å². The van der Waals surface area contributed by atoms with E-state index in [0.29, 0.717) is 34.5 Å². The molecule has 3 heterocycles. The second-order valence-corrected chi connectivity index (χ2v) is 8.30. The fourth-order valence-electron chi connectivity index (χ4n) is 3.05. The Hall–Kier alpha value is -3.73. The molecule has 10 nitrogen and oxygen atoms in total.